The molecule has 0 aliphatic heterocycles. The van der Waals surface area contributed by atoms with E-state index in [9.17, 15) is 4.79 Å². The Kier molecular flexibility index (Phi) is 4.26. The lowest BCUT2D eigenvalue weighted by atomic mass is 10.2. The van der Waals surface area contributed by atoms with Crippen LogP contribution < -0.4 is 0 Å². The van der Waals surface area contributed by atoms with E-state index in [1.807, 2.05) is 30.3 Å². The smallest absolute Gasteiger partial charge is 0.417 e. The average Bonchev–Trinajstić information content (AvgIpc) is 2.15. The first-order valence-corrected chi connectivity index (χ1v) is 4.53. The number of rotatable bonds is 4. The molecule has 67 valence electrons. The SMILES string of the molecule is O=[C]OC/C=C/c1ccc(Br)cc1. The van der Waals surface area contributed by atoms with Crippen LogP contribution in [-0.4, -0.2) is 13.1 Å². The fourth-order valence-electron chi connectivity index (χ4n) is 0.840. The molecule has 0 amide bonds. The zero-order chi connectivity index (χ0) is 9.52. The third-order valence-electron chi connectivity index (χ3n) is 1.42. The molecule has 1 aromatic rings. The Hall–Kier alpha value is -1.09. The second kappa shape index (κ2) is 5.54. The molecule has 0 saturated carbocycles. The molecular weight excluding hydrogens is 232 g/mol. The topological polar surface area (TPSA) is 26.3 Å². The van der Waals surface area contributed by atoms with Gasteiger partial charge in [-0.3, -0.25) is 0 Å². The van der Waals surface area contributed by atoms with Crippen molar-refractivity contribution in [3.8, 4) is 0 Å². The van der Waals surface area contributed by atoms with Crippen molar-refractivity contribution in [1.82, 2.24) is 0 Å². The highest BCUT2D eigenvalue weighted by Gasteiger charge is 1.86. The summed E-state index contributed by atoms with van der Waals surface area (Å²) in [5.74, 6) is 0. The minimum Gasteiger partial charge on any atom is -0.453 e. The Morgan fingerprint density at radius 1 is 1.38 bits per heavy atom. The van der Waals surface area contributed by atoms with Crippen molar-refractivity contribution in [3.63, 3.8) is 0 Å². The van der Waals surface area contributed by atoms with Crippen molar-refractivity contribution in [1.29, 1.82) is 0 Å². The van der Waals surface area contributed by atoms with Gasteiger partial charge in [-0.2, -0.15) is 0 Å². The molecule has 3 heteroatoms. The summed E-state index contributed by atoms with van der Waals surface area (Å²) in [5, 5.41) is 0. The molecule has 1 rings (SSSR count). The first-order valence-electron chi connectivity index (χ1n) is 3.74. The van der Waals surface area contributed by atoms with Crippen LogP contribution >= 0.6 is 15.9 Å². The molecule has 0 aliphatic rings. The van der Waals surface area contributed by atoms with Gasteiger partial charge in [0.1, 0.15) is 6.61 Å². The molecule has 0 fully saturated rings. The number of halogens is 1. The van der Waals surface area contributed by atoms with Crippen LogP contribution in [-0.2, 0) is 9.53 Å². The first-order chi connectivity index (χ1) is 6.33. The summed E-state index contributed by atoms with van der Waals surface area (Å²) in [6.45, 7) is 1.62. The lowest BCUT2D eigenvalue weighted by Crippen LogP contribution is -1.84. The molecule has 2 nitrogen and oxygen atoms in total. The molecule has 13 heavy (non-hydrogen) atoms. The van der Waals surface area contributed by atoms with E-state index in [2.05, 4.69) is 20.7 Å². The third-order valence-corrected chi connectivity index (χ3v) is 1.95. The Balaban J connectivity index is 2.49. The average molecular weight is 240 g/mol. The first kappa shape index (κ1) is 9.99. The summed E-state index contributed by atoms with van der Waals surface area (Å²) in [4.78, 5) is 9.67. The van der Waals surface area contributed by atoms with Crippen molar-refractivity contribution >= 4 is 28.5 Å². The molecule has 0 aliphatic carbocycles. The van der Waals surface area contributed by atoms with Crippen LogP contribution in [0.1, 0.15) is 5.56 Å². The number of hydrogen-bond acceptors (Lipinski definition) is 2. The van der Waals surface area contributed by atoms with Crippen LogP contribution in [0.5, 0.6) is 0 Å². The predicted molar refractivity (Wildman–Crippen MR) is 54.8 cm³/mol. The van der Waals surface area contributed by atoms with Crippen LogP contribution in [0.25, 0.3) is 6.08 Å². The van der Waals surface area contributed by atoms with E-state index in [-0.39, 0.29) is 6.61 Å². The minimum absolute atomic E-state index is 0.263. The van der Waals surface area contributed by atoms with Gasteiger partial charge in [0.05, 0.1) is 0 Å². The summed E-state index contributed by atoms with van der Waals surface area (Å²) in [6.07, 6.45) is 3.64. The molecule has 0 saturated heterocycles. The maximum Gasteiger partial charge on any atom is 0.417 e. The lowest BCUT2D eigenvalue weighted by Gasteiger charge is -1.93. The normalized spacial score (nSPS) is 10.2. The van der Waals surface area contributed by atoms with Gasteiger partial charge in [-0.05, 0) is 23.8 Å². The van der Waals surface area contributed by atoms with Gasteiger partial charge in [-0.1, -0.05) is 34.1 Å². The highest BCUT2D eigenvalue weighted by Crippen LogP contribution is 2.11. The van der Waals surface area contributed by atoms with Crippen LogP contribution in [0.3, 0.4) is 0 Å². The van der Waals surface area contributed by atoms with Gasteiger partial charge in [-0.15, -0.1) is 0 Å². The maximum absolute atomic E-state index is 9.67. The second-order valence-electron chi connectivity index (χ2n) is 2.35. The van der Waals surface area contributed by atoms with Gasteiger partial charge >= 0.3 is 6.47 Å². The van der Waals surface area contributed by atoms with Crippen LogP contribution in [0, 0.1) is 0 Å². The number of benzene rings is 1. The molecule has 1 aromatic carbocycles. The van der Waals surface area contributed by atoms with E-state index in [0.29, 0.717) is 0 Å². The van der Waals surface area contributed by atoms with Gasteiger partial charge in [-0.25, -0.2) is 4.79 Å². The predicted octanol–water partition coefficient (Wildman–Crippen LogP) is 2.55. The van der Waals surface area contributed by atoms with Crippen molar-refractivity contribution < 1.29 is 9.53 Å². The molecule has 0 heterocycles. The molecule has 0 atom stereocenters. The van der Waals surface area contributed by atoms with E-state index >= 15 is 0 Å². The Morgan fingerprint density at radius 3 is 2.69 bits per heavy atom. The molecule has 0 unspecified atom stereocenters. The Bertz CT molecular complexity index is 290. The van der Waals surface area contributed by atoms with Crippen molar-refractivity contribution in [3.05, 3.63) is 40.4 Å². The van der Waals surface area contributed by atoms with Gasteiger partial charge < -0.3 is 4.74 Å². The molecule has 0 aromatic heterocycles. The number of hydrogen-bond donors (Lipinski definition) is 0. The largest absolute Gasteiger partial charge is 0.453 e. The summed E-state index contributed by atoms with van der Waals surface area (Å²) < 4.78 is 5.42. The summed E-state index contributed by atoms with van der Waals surface area (Å²) in [5.41, 5.74) is 1.07. The van der Waals surface area contributed by atoms with Crippen LogP contribution in [0.2, 0.25) is 0 Å². The van der Waals surface area contributed by atoms with Gasteiger partial charge in [0.15, 0.2) is 0 Å². The van der Waals surface area contributed by atoms with Crippen molar-refractivity contribution in [2.45, 2.75) is 0 Å². The van der Waals surface area contributed by atoms with Crippen molar-refractivity contribution in [2.75, 3.05) is 6.61 Å². The molecule has 0 spiro atoms. The monoisotopic (exact) mass is 239 g/mol. The van der Waals surface area contributed by atoms with Crippen molar-refractivity contribution in [2.24, 2.45) is 0 Å². The molecular formula is C10H8BrO2. The zero-order valence-electron chi connectivity index (χ0n) is 6.87. The van der Waals surface area contributed by atoms with Crippen LogP contribution in [0.15, 0.2) is 34.8 Å². The highest BCUT2D eigenvalue weighted by molar-refractivity contribution is 9.10. The van der Waals surface area contributed by atoms with E-state index in [1.165, 1.54) is 6.47 Å². The summed E-state index contributed by atoms with van der Waals surface area (Å²) >= 11 is 3.34. The summed E-state index contributed by atoms with van der Waals surface area (Å²) in [6, 6.07) is 7.83. The lowest BCUT2D eigenvalue weighted by molar-refractivity contribution is 0.314. The molecule has 1 radical (unpaired) electrons. The van der Waals surface area contributed by atoms with E-state index in [0.717, 1.165) is 10.0 Å². The maximum atomic E-state index is 9.67. The third kappa shape index (κ3) is 3.90. The standard InChI is InChI=1S/C10H8BrO2/c11-10-5-3-9(4-6-10)2-1-7-13-8-12/h1-6H,7H2/b2-1+. The fourth-order valence-corrected chi connectivity index (χ4v) is 1.10. The number of carbonyl (C=O) groups excluding carboxylic acids is 1. The Morgan fingerprint density at radius 2 is 2.08 bits per heavy atom. The van der Waals surface area contributed by atoms with Crippen LogP contribution in [0.4, 0.5) is 0 Å². The second-order valence-corrected chi connectivity index (χ2v) is 3.26. The van der Waals surface area contributed by atoms with E-state index in [4.69, 9.17) is 0 Å². The zero-order valence-corrected chi connectivity index (χ0v) is 8.45. The van der Waals surface area contributed by atoms with E-state index in [1.54, 1.807) is 6.08 Å². The summed E-state index contributed by atoms with van der Waals surface area (Å²) in [7, 11) is 0. The van der Waals surface area contributed by atoms with E-state index < -0.39 is 0 Å². The Labute approximate surface area is 85.3 Å². The molecule has 0 bridgehead atoms. The molecule has 0 N–H and O–H groups in total. The van der Waals surface area contributed by atoms with Gasteiger partial charge in [0.2, 0.25) is 0 Å². The van der Waals surface area contributed by atoms with Gasteiger partial charge in [0, 0.05) is 4.47 Å². The quantitative estimate of drug-likeness (QED) is 0.756. The van der Waals surface area contributed by atoms with Gasteiger partial charge in [0.25, 0.3) is 0 Å². The number of ether oxygens (including phenoxy) is 1. The highest BCUT2D eigenvalue weighted by atomic mass is 79.9. The fraction of sp³-hybridized carbons (Fsp3) is 0.100. The minimum atomic E-state index is 0.263.